The molecule has 0 saturated carbocycles. The van der Waals surface area contributed by atoms with Gasteiger partial charge in [-0.3, -0.25) is 9.59 Å². The second-order valence-electron chi connectivity index (χ2n) is 8.18. The van der Waals surface area contributed by atoms with Gasteiger partial charge in [-0.25, -0.2) is 4.39 Å². The smallest absolute Gasteiger partial charge is 0.167 e. The molecule has 0 bridgehead atoms. The van der Waals surface area contributed by atoms with Gasteiger partial charge >= 0.3 is 0 Å². The van der Waals surface area contributed by atoms with Crippen LogP contribution in [0.3, 0.4) is 0 Å². The third-order valence-corrected chi connectivity index (χ3v) is 6.20. The quantitative estimate of drug-likeness (QED) is 0.524. The highest BCUT2D eigenvalue weighted by Gasteiger charge is 2.43. The van der Waals surface area contributed by atoms with Crippen molar-refractivity contribution in [3.05, 3.63) is 94.8 Å². The molecule has 1 aliphatic heterocycles. The molecule has 5 nitrogen and oxygen atoms in total. The number of hydrogen-bond acceptors (Lipinski definition) is 5. The number of aromatic hydroxyl groups is 2. The molecule has 0 unspecified atom stereocenters. The molecule has 1 aliphatic rings. The van der Waals surface area contributed by atoms with E-state index in [1.807, 2.05) is 0 Å². The van der Waals surface area contributed by atoms with Crippen molar-refractivity contribution >= 4 is 11.6 Å². The lowest BCUT2D eigenvalue weighted by molar-refractivity contribution is 0.0767. The first kappa shape index (κ1) is 21.7. The van der Waals surface area contributed by atoms with E-state index in [1.54, 1.807) is 43.3 Å². The maximum absolute atomic E-state index is 14.5. The van der Waals surface area contributed by atoms with E-state index in [0.717, 1.165) is 0 Å². The summed E-state index contributed by atoms with van der Waals surface area (Å²) >= 11 is 0. The number of phenols is 2. The van der Waals surface area contributed by atoms with Crippen molar-refractivity contribution in [2.24, 2.45) is 11.8 Å². The average Bonchev–Trinajstić information content (AvgIpc) is 2.79. The van der Waals surface area contributed by atoms with Crippen LogP contribution in [0.1, 0.15) is 37.8 Å². The summed E-state index contributed by atoms with van der Waals surface area (Å²) in [6.07, 6.45) is 0. The Bertz CT molecular complexity index is 1110. The molecule has 32 heavy (non-hydrogen) atoms. The van der Waals surface area contributed by atoms with Crippen molar-refractivity contribution in [3.8, 4) is 11.5 Å². The average molecular weight is 433 g/mol. The highest BCUT2D eigenvalue weighted by Crippen LogP contribution is 2.40. The van der Waals surface area contributed by atoms with Crippen molar-refractivity contribution in [3.63, 3.8) is 0 Å². The Morgan fingerprint density at radius 1 is 0.844 bits per heavy atom. The van der Waals surface area contributed by atoms with E-state index in [2.05, 4.69) is 5.32 Å². The Kier molecular flexibility index (Phi) is 6.06. The maximum atomic E-state index is 14.5. The molecule has 164 valence electrons. The third-order valence-electron chi connectivity index (χ3n) is 6.20. The molecule has 0 radical (unpaired) electrons. The second-order valence-corrected chi connectivity index (χ2v) is 8.18. The molecule has 0 amide bonds. The molecule has 2 atom stereocenters. The number of carbonyl (C=O) groups is 2. The lowest BCUT2D eigenvalue weighted by Crippen LogP contribution is -2.48. The molecule has 1 heterocycles. The molecule has 1 saturated heterocycles. The van der Waals surface area contributed by atoms with Crippen LogP contribution in [0.4, 0.5) is 4.39 Å². The van der Waals surface area contributed by atoms with Gasteiger partial charge in [-0.1, -0.05) is 36.4 Å². The van der Waals surface area contributed by atoms with Crippen LogP contribution in [0.5, 0.6) is 11.5 Å². The molecule has 1 fully saturated rings. The fraction of sp³-hybridized carbons (Fsp3) is 0.231. The molecular weight excluding hydrogens is 409 g/mol. The monoisotopic (exact) mass is 433 g/mol. The standard InChI is InChI=1S/C26H24FNO4/c1-15-20(9-4-10-23(15)27)24-21(25(31)16-5-2-7-18(29)11-16)13-28-14-22(24)26(32)17-6-3-8-19(30)12-17/h2-12,21-22,24,28-30H,13-14H2,1H3/t21-,22-/m0/s1. The molecule has 3 N–H and O–H groups in total. The highest BCUT2D eigenvalue weighted by molar-refractivity contribution is 6.02. The molecule has 0 spiro atoms. The number of phenolic OH excluding ortho intramolecular Hbond substituents is 2. The normalized spacial score (nSPS) is 18.9. The number of hydrogen-bond donors (Lipinski definition) is 3. The summed E-state index contributed by atoms with van der Waals surface area (Å²) in [4.78, 5) is 27.0. The zero-order valence-electron chi connectivity index (χ0n) is 17.6. The van der Waals surface area contributed by atoms with Crippen molar-refractivity contribution in [2.75, 3.05) is 13.1 Å². The van der Waals surface area contributed by atoms with Gasteiger partial charge in [-0.2, -0.15) is 0 Å². The van der Waals surface area contributed by atoms with E-state index >= 15 is 0 Å². The van der Waals surface area contributed by atoms with E-state index in [9.17, 15) is 24.2 Å². The number of halogens is 1. The maximum Gasteiger partial charge on any atom is 0.167 e. The van der Waals surface area contributed by atoms with Crippen LogP contribution in [0.2, 0.25) is 0 Å². The summed E-state index contributed by atoms with van der Waals surface area (Å²) in [7, 11) is 0. The number of rotatable bonds is 5. The summed E-state index contributed by atoms with van der Waals surface area (Å²) in [6, 6.07) is 16.9. The largest absolute Gasteiger partial charge is 0.508 e. The Morgan fingerprint density at radius 3 is 1.84 bits per heavy atom. The number of benzene rings is 3. The van der Waals surface area contributed by atoms with Gasteiger partial charge in [0.15, 0.2) is 11.6 Å². The predicted molar refractivity (Wildman–Crippen MR) is 119 cm³/mol. The van der Waals surface area contributed by atoms with Gasteiger partial charge in [-0.15, -0.1) is 0 Å². The minimum Gasteiger partial charge on any atom is -0.508 e. The van der Waals surface area contributed by atoms with Crippen molar-refractivity contribution in [2.45, 2.75) is 12.8 Å². The Hall–Kier alpha value is -3.51. The van der Waals surface area contributed by atoms with Crippen LogP contribution in [0, 0.1) is 24.6 Å². The number of carbonyl (C=O) groups excluding carboxylic acids is 2. The van der Waals surface area contributed by atoms with Crippen LogP contribution in [0.15, 0.2) is 66.7 Å². The van der Waals surface area contributed by atoms with Gasteiger partial charge in [0.05, 0.1) is 0 Å². The van der Waals surface area contributed by atoms with E-state index in [0.29, 0.717) is 35.3 Å². The van der Waals surface area contributed by atoms with Crippen LogP contribution in [0.25, 0.3) is 0 Å². The molecular formula is C26H24FNO4. The van der Waals surface area contributed by atoms with E-state index in [1.165, 1.54) is 30.3 Å². The van der Waals surface area contributed by atoms with Crippen LogP contribution < -0.4 is 5.32 Å². The molecule has 3 aromatic rings. The Morgan fingerprint density at radius 2 is 1.34 bits per heavy atom. The molecule has 0 aliphatic carbocycles. The van der Waals surface area contributed by atoms with Crippen LogP contribution in [-0.4, -0.2) is 34.9 Å². The van der Waals surface area contributed by atoms with E-state index < -0.39 is 23.6 Å². The first-order valence-electron chi connectivity index (χ1n) is 10.5. The first-order valence-corrected chi connectivity index (χ1v) is 10.5. The van der Waals surface area contributed by atoms with Crippen LogP contribution >= 0.6 is 0 Å². The molecule has 0 aromatic heterocycles. The summed E-state index contributed by atoms with van der Waals surface area (Å²) in [5.74, 6) is -2.75. The van der Waals surface area contributed by atoms with Gasteiger partial charge in [-0.05, 0) is 48.4 Å². The Balaban J connectivity index is 1.81. The minimum atomic E-state index is -0.641. The van der Waals surface area contributed by atoms with Gasteiger partial charge in [0.2, 0.25) is 0 Å². The van der Waals surface area contributed by atoms with Crippen molar-refractivity contribution in [1.82, 2.24) is 5.32 Å². The third kappa shape index (κ3) is 4.14. The summed E-state index contributed by atoms with van der Waals surface area (Å²) in [5.41, 5.74) is 1.69. The fourth-order valence-corrected chi connectivity index (χ4v) is 4.61. The lowest BCUT2D eigenvalue weighted by Gasteiger charge is -2.38. The minimum absolute atomic E-state index is 0.0227. The zero-order valence-corrected chi connectivity index (χ0v) is 17.6. The zero-order chi connectivity index (χ0) is 22.8. The number of nitrogens with one attached hydrogen (secondary N) is 1. The van der Waals surface area contributed by atoms with Gasteiger partial charge in [0, 0.05) is 42.0 Å². The number of piperidine rings is 1. The van der Waals surface area contributed by atoms with Gasteiger partial charge < -0.3 is 15.5 Å². The predicted octanol–water partition coefficient (Wildman–Crippen LogP) is 4.23. The molecule has 4 rings (SSSR count). The molecule has 3 aromatic carbocycles. The fourth-order valence-electron chi connectivity index (χ4n) is 4.61. The van der Waals surface area contributed by atoms with Gasteiger partial charge in [0.1, 0.15) is 17.3 Å². The number of ketones is 2. The second kappa shape index (κ2) is 8.93. The summed E-state index contributed by atoms with van der Waals surface area (Å²) in [5, 5.41) is 22.9. The van der Waals surface area contributed by atoms with Gasteiger partial charge in [0.25, 0.3) is 0 Å². The Labute approximate surface area is 185 Å². The molecule has 6 heteroatoms. The first-order chi connectivity index (χ1) is 15.4. The summed E-state index contributed by atoms with van der Waals surface area (Å²) in [6.45, 7) is 2.29. The topological polar surface area (TPSA) is 86.6 Å². The van der Waals surface area contributed by atoms with E-state index in [4.69, 9.17) is 0 Å². The number of Topliss-reactive ketones (excluding diaryl/α,β-unsaturated/α-hetero) is 2. The SMILES string of the molecule is Cc1c(F)cccc1C1[C@@H](C(=O)c2cccc(O)c2)CNC[C@@H]1C(=O)c1cccc(O)c1. The van der Waals surface area contributed by atoms with Crippen molar-refractivity contribution in [1.29, 1.82) is 0 Å². The summed E-state index contributed by atoms with van der Waals surface area (Å²) < 4.78 is 14.5. The van der Waals surface area contributed by atoms with E-state index in [-0.39, 0.29) is 23.1 Å². The lowest BCUT2D eigenvalue weighted by atomic mass is 9.68. The highest BCUT2D eigenvalue weighted by atomic mass is 19.1. The van der Waals surface area contributed by atoms with Crippen LogP contribution in [-0.2, 0) is 0 Å². The van der Waals surface area contributed by atoms with Crippen molar-refractivity contribution < 1.29 is 24.2 Å².